The summed E-state index contributed by atoms with van der Waals surface area (Å²) in [6.45, 7) is 0. The molecule has 0 bridgehead atoms. The second-order valence-electron chi connectivity index (χ2n) is 3.27. The van der Waals surface area contributed by atoms with Crippen molar-refractivity contribution in [3.05, 3.63) is 40.2 Å². The fourth-order valence-electron chi connectivity index (χ4n) is 1.48. The van der Waals surface area contributed by atoms with Gasteiger partial charge in [-0.15, -0.1) is 0 Å². The van der Waals surface area contributed by atoms with E-state index in [0.29, 0.717) is 16.5 Å². The van der Waals surface area contributed by atoms with Gasteiger partial charge >= 0.3 is 5.97 Å². The zero-order valence-corrected chi connectivity index (χ0v) is 8.48. The maximum Gasteiger partial charge on any atom is 0.337 e. The number of benzene rings is 1. The van der Waals surface area contributed by atoms with Gasteiger partial charge in [-0.05, 0) is 18.2 Å². The molecule has 0 amide bonds. The molecule has 5 heteroatoms. The molecule has 2 rings (SSSR count). The number of esters is 1. The highest BCUT2D eigenvalue weighted by atomic mass is 16.5. The van der Waals surface area contributed by atoms with Crippen molar-refractivity contribution < 1.29 is 14.6 Å². The lowest BCUT2D eigenvalue weighted by Gasteiger charge is -2.03. The second kappa shape index (κ2) is 3.69. The SMILES string of the molecule is COC(=O)c1ccc2[nH]c(=O)cc(O)c2c1. The van der Waals surface area contributed by atoms with Crippen LogP contribution in [0.4, 0.5) is 0 Å². The molecule has 0 aliphatic heterocycles. The first-order valence-electron chi connectivity index (χ1n) is 4.56. The lowest BCUT2D eigenvalue weighted by Crippen LogP contribution is -2.05. The third-order valence-corrected chi connectivity index (χ3v) is 2.24. The highest BCUT2D eigenvalue weighted by Crippen LogP contribution is 2.22. The molecule has 82 valence electrons. The summed E-state index contributed by atoms with van der Waals surface area (Å²) in [6.07, 6.45) is 0. The Balaban J connectivity index is 2.71. The van der Waals surface area contributed by atoms with E-state index in [0.717, 1.165) is 6.07 Å². The van der Waals surface area contributed by atoms with E-state index in [1.165, 1.54) is 19.2 Å². The monoisotopic (exact) mass is 219 g/mol. The van der Waals surface area contributed by atoms with Gasteiger partial charge in [-0.1, -0.05) is 0 Å². The summed E-state index contributed by atoms with van der Waals surface area (Å²) in [5.74, 6) is -0.656. The molecular formula is C11H9NO4. The summed E-state index contributed by atoms with van der Waals surface area (Å²) in [6, 6.07) is 5.59. The number of aromatic amines is 1. The van der Waals surface area contributed by atoms with Crippen LogP contribution in [0.3, 0.4) is 0 Å². The molecule has 0 radical (unpaired) electrons. The molecular weight excluding hydrogens is 210 g/mol. The Morgan fingerprint density at radius 2 is 2.12 bits per heavy atom. The highest BCUT2D eigenvalue weighted by Gasteiger charge is 2.08. The summed E-state index contributed by atoms with van der Waals surface area (Å²) in [5, 5.41) is 9.96. The van der Waals surface area contributed by atoms with Crippen molar-refractivity contribution >= 4 is 16.9 Å². The number of carbonyl (C=O) groups excluding carboxylic acids is 1. The third kappa shape index (κ3) is 1.63. The maximum atomic E-state index is 11.3. The predicted molar refractivity (Wildman–Crippen MR) is 57.6 cm³/mol. The Morgan fingerprint density at radius 1 is 1.38 bits per heavy atom. The molecule has 1 heterocycles. The zero-order valence-electron chi connectivity index (χ0n) is 8.48. The second-order valence-corrected chi connectivity index (χ2v) is 3.27. The molecule has 0 aliphatic carbocycles. The van der Waals surface area contributed by atoms with Crippen LogP contribution in [0.1, 0.15) is 10.4 Å². The molecule has 0 unspecified atom stereocenters. The van der Waals surface area contributed by atoms with Gasteiger partial charge in [-0.2, -0.15) is 0 Å². The Morgan fingerprint density at radius 3 is 2.81 bits per heavy atom. The van der Waals surface area contributed by atoms with E-state index in [2.05, 4.69) is 9.72 Å². The van der Waals surface area contributed by atoms with Crippen LogP contribution in [-0.2, 0) is 4.74 Å². The number of rotatable bonds is 1. The number of fused-ring (bicyclic) bond motifs is 1. The van der Waals surface area contributed by atoms with E-state index in [1.54, 1.807) is 6.07 Å². The number of hydrogen-bond donors (Lipinski definition) is 2. The number of aromatic hydroxyl groups is 1. The lowest BCUT2D eigenvalue weighted by molar-refractivity contribution is 0.0601. The third-order valence-electron chi connectivity index (χ3n) is 2.24. The summed E-state index contributed by atoms with van der Waals surface area (Å²) in [4.78, 5) is 24.9. The number of carbonyl (C=O) groups is 1. The first-order valence-corrected chi connectivity index (χ1v) is 4.56. The summed E-state index contributed by atoms with van der Waals surface area (Å²) >= 11 is 0. The van der Waals surface area contributed by atoms with Crippen molar-refractivity contribution in [3.63, 3.8) is 0 Å². The van der Waals surface area contributed by atoms with Crippen molar-refractivity contribution in [2.75, 3.05) is 7.11 Å². The van der Waals surface area contributed by atoms with Crippen LogP contribution in [0.25, 0.3) is 10.9 Å². The van der Waals surface area contributed by atoms with Crippen LogP contribution in [0.5, 0.6) is 5.75 Å². The first-order chi connectivity index (χ1) is 7.61. The van der Waals surface area contributed by atoms with Crippen molar-refractivity contribution in [1.82, 2.24) is 4.98 Å². The number of H-pyrrole nitrogens is 1. The average molecular weight is 219 g/mol. The van der Waals surface area contributed by atoms with E-state index in [4.69, 9.17) is 0 Å². The normalized spacial score (nSPS) is 10.3. The maximum absolute atomic E-state index is 11.3. The average Bonchev–Trinajstić information content (AvgIpc) is 2.27. The smallest absolute Gasteiger partial charge is 0.337 e. The van der Waals surface area contributed by atoms with Gasteiger partial charge in [0.05, 0.1) is 18.2 Å². The summed E-state index contributed by atoms with van der Waals surface area (Å²) < 4.78 is 4.56. The van der Waals surface area contributed by atoms with Crippen LogP contribution in [0, 0.1) is 0 Å². The molecule has 0 saturated heterocycles. The van der Waals surface area contributed by atoms with E-state index < -0.39 is 11.5 Å². The van der Waals surface area contributed by atoms with Crippen LogP contribution in [0.2, 0.25) is 0 Å². The van der Waals surface area contributed by atoms with Crippen LogP contribution < -0.4 is 5.56 Å². The quantitative estimate of drug-likeness (QED) is 0.702. The van der Waals surface area contributed by atoms with E-state index in [-0.39, 0.29) is 5.75 Å². The minimum atomic E-state index is -0.493. The van der Waals surface area contributed by atoms with Crippen molar-refractivity contribution in [3.8, 4) is 5.75 Å². The number of ether oxygens (including phenoxy) is 1. The highest BCUT2D eigenvalue weighted by molar-refractivity contribution is 5.96. The van der Waals surface area contributed by atoms with E-state index >= 15 is 0 Å². The summed E-state index contributed by atoms with van der Waals surface area (Å²) in [5.41, 5.74) is 0.394. The Bertz CT molecular complexity index is 615. The minimum absolute atomic E-state index is 0.162. The first kappa shape index (κ1) is 10.2. The molecule has 0 atom stereocenters. The number of hydrogen-bond acceptors (Lipinski definition) is 4. The summed E-state index contributed by atoms with van der Waals surface area (Å²) in [7, 11) is 1.28. The molecule has 2 N–H and O–H groups in total. The molecule has 1 aromatic heterocycles. The lowest BCUT2D eigenvalue weighted by atomic mass is 10.1. The number of methoxy groups -OCH3 is 1. The van der Waals surface area contributed by atoms with Gasteiger partial charge in [-0.25, -0.2) is 4.79 Å². The molecule has 0 fully saturated rings. The van der Waals surface area contributed by atoms with Crippen molar-refractivity contribution in [2.24, 2.45) is 0 Å². The van der Waals surface area contributed by atoms with Crippen LogP contribution in [-0.4, -0.2) is 23.2 Å². The number of pyridine rings is 1. The molecule has 2 aromatic rings. The van der Waals surface area contributed by atoms with Gasteiger partial charge in [0, 0.05) is 11.5 Å². The fourth-order valence-corrected chi connectivity index (χ4v) is 1.48. The van der Waals surface area contributed by atoms with Gasteiger partial charge in [0.15, 0.2) is 0 Å². The Labute approximate surface area is 90.3 Å². The van der Waals surface area contributed by atoms with Gasteiger partial charge < -0.3 is 14.8 Å². The largest absolute Gasteiger partial charge is 0.507 e. The minimum Gasteiger partial charge on any atom is -0.507 e. The predicted octanol–water partition coefficient (Wildman–Crippen LogP) is 1.02. The van der Waals surface area contributed by atoms with E-state index in [1.807, 2.05) is 0 Å². The van der Waals surface area contributed by atoms with Gasteiger partial charge in [0.1, 0.15) is 5.75 Å². The van der Waals surface area contributed by atoms with Crippen LogP contribution >= 0.6 is 0 Å². The van der Waals surface area contributed by atoms with Gasteiger partial charge in [-0.3, -0.25) is 4.79 Å². The van der Waals surface area contributed by atoms with Gasteiger partial charge in [0.2, 0.25) is 0 Å². The Kier molecular flexibility index (Phi) is 2.36. The zero-order chi connectivity index (χ0) is 11.7. The Hall–Kier alpha value is -2.30. The molecule has 5 nitrogen and oxygen atoms in total. The van der Waals surface area contributed by atoms with Crippen molar-refractivity contribution in [2.45, 2.75) is 0 Å². The fraction of sp³-hybridized carbons (Fsp3) is 0.0909. The number of aromatic nitrogens is 1. The molecule has 0 saturated carbocycles. The topological polar surface area (TPSA) is 79.4 Å². The standard InChI is InChI=1S/C11H9NO4/c1-16-11(15)6-2-3-8-7(4-6)9(13)5-10(14)12-8/h2-5H,1H3,(H2,12,13,14). The van der Waals surface area contributed by atoms with E-state index in [9.17, 15) is 14.7 Å². The number of nitrogens with one attached hydrogen (secondary N) is 1. The van der Waals surface area contributed by atoms with Crippen molar-refractivity contribution in [1.29, 1.82) is 0 Å². The van der Waals surface area contributed by atoms with Crippen LogP contribution in [0.15, 0.2) is 29.1 Å². The molecule has 1 aromatic carbocycles. The van der Waals surface area contributed by atoms with Gasteiger partial charge in [0.25, 0.3) is 5.56 Å². The molecule has 16 heavy (non-hydrogen) atoms. The molecule has 0 aliphatic rings. The molecule has 0 spiro atoms.